The lowest BCUT2D eigenvalue weighted by Crippen LogP contribution is -2.16. The van der Waals surface area contributed by atoms with E-state index in [0.29, 0.717) is 0 Å². The van der Waals surface area contributed by atoms with Crippen LogP contribution in [0.3, 0.4) is 0 Å². The van der Waals surface area contributed by atoms with Gasteiger partial charge in [-0.25, -0.2) is 0 Å². The molecular weight excluding hydrogens is 705 g/mol. The average molecular weight is 745 g/mol. The van der Waals surface area contributed by atoms with Gasteiger partial charge in [0.25, 0.3) is 0 Å². The highest BCUT2D eigenvalue weighted by Gasteiger charge is 2.36. The minimum absolute atomic E-state index is 0.124. The lowest BCUT2D eigenvalue weighted by molar-refractivity contribution is 0.660. The first kappa shape index (κ1) is 33.9. The zero-order valence-electron chi connectivity index (χ0n) is 32.4. The van der Waals surface area contributed by atoms with Crippen LogP contribution in [0.4, 0.5) is 34.1 Å². The molecule has 3 nitrogen and oxygen atoms in total. The van der Waals surface area contributed by atoms with Gasteiger partial charge in [-0.1, -0.05) is 147 Å². The second kappa shape index (κ2) is 13.4. The summed E-state index contributed by atoms with van der Waals surface area (Å²) in [4.78, 5) is 4.73. The van der Waals surface area contributed by atoms with Gasteiger partial charge < -0.3 is 14.2 Å². The number of nitrogens with zero attached hydrogens (tertiary/aromatic N) is 2. The molecule has 0 N–H and O–H groups in total. The Labute approximate surface area is 338 Å². The molecular formula is C55H40N2O. The van der Waals surface area contributed by atoms with Gasteiger partial charge in [-0.2, -0.15) is 0 Å². The first-order valence-corrected chi connectivity index (χ1v) is 20.0. The van der Waals surface area contributed by atoms with Gasteiger partial charge in [0, 0.05) is 55.4 Å². The molecule has 0 atom stereocenters. The maximum absolute atomic E-state index is 6.85. The van der Waals surface area contributed by atoms with Crippen LogP contribution in [0.2, 0.25) is 0 Å². The third-order valence-corrected chi connectivity index (χ3v) is 12.0. The SMILES string of the molecule is CC1(C)c2ccccc2-c2ccc(N(c3ccccc3)c3cc4c(oc5cccc(-c6ccc(N(c7ccccc7)c7ccccc7)cc6)c54)c4ccccc34)cc21. The number of anilines is 6. The highest BCUT2D eigenvalue weighted by atomic mass is 16.3. The molecule has 1 heterocycles. The van der Waals surface area contributed by atoms with E-state index in [-0.39, 0.29) is 5.41 Å². The Hall–Kier alpha value is -7.36. The third kappa shape index (κ3) is 5.35. The van der Waals surface area contributed by atoms with Crippen LogP contribution in [0.1, 0.15) is 25.0 Å². The summed E-state index contributed by atoms with van der Waals surface area (Å²) in [6.07, 6.45) is 0. The predicted octanol–water partition coefficient (Wildman–Crippen LogP) is 15.7. The van der Waals surface area contributed by atoms with Gasteiger partial charge in [0.1, 0.15) is 11.2 Å². The van der Waals surface area contributed by atoms with Crippen molar-refractivity contribution in [3.05, 3.63) is 217 Å². The van der Waals surface area contributed by atoms with Crippen molar-refractivity contribution in [3.63, 3.8) is 0 Å². The normalized spacial score (nSPS) is 12.8. The van der Waals surface area contributed by atoms with Gasteiger partial charge in [0.15, 0.2) is 0 Å². The lowest BCUT2D eigenvalue weighted by Gasteiger charge is -2.29. The molecule has 58 heavy (non-hydrogen) atoms. The largest absolute Gasteiger partial charge is 0.455 e. The fourth-order valence-electron chi connectivity index (χ4n) is 9.28. The Balaban J connectivity index is 1.10. The second-order valence-corrected chi connectivity index (χ2v) is 15.7. The van der Waals surface area contributed by atoms with Gasteiger partial charge in [-0.3, -0.25) is 0 Å². The summed E-state index contributed by atoms with van der Waals surface area (Å²) in [5.41, 5.74) is 15.9. The molecule has 1 aliphatic carbocycles. The van der Waals surface area contributed by atoms with Crippen LogP contribution in [0.5, 0.6) is 0 Å². The zero-order chi connectivity index (χ0) is 38.8. The van der Waals surface area contributed by atoms with Gasteiger partial charge in [-0.15, -0.1) is 0 Å². The predicted molar refractivity (Wildman–Crippen MR) is 244 cm³/mol. The van der Waals surface area contributed by atoms with Crippen molar-refractivity contribution in [3.8, 4) is 22.3 Å². The summed E-state index contributed by atoms with van der Waals surface area (Å²) < 4.78 is 6.85. The molecule has 0 bridgehead atoms. The summed E-state index contributed by atoms with van der Waals surface area (Å²) in [5.74, 6) is 0. The number of benzene rings is 9. The molecule has 3 heteroatoms. The highest BCUT2D eigenvalue weighted by Crippen LogP contribution is 2.52. The van der Waals surface area contributed by atoms with Crippen LogP contribution in [0, 0.1) is 0 Å². The number of hydrogen-bond donors (Lipinski definition) is 0. The van der Waals surface area contributed by atoms with E-state index in [1.54, 1.807) is 0 Å². The maximum atomic E-state index is 6.85. The average Bonchev–Trinajstić information content (AvgIpc) is 3.77. The van der Waals surface area contributed by atoms with E-state index in [1.165, 1.54) is 22.3 Å². The summed E-state index contributed by atoms with van der Waals surface area (Å²) >= 11 is 0. The van der Waals surface area contributed by atoms with E-state index in [9.17, 15) is 0 Å². The molecule has 0 saturated heterocycles. The summed E-state index contributed by atoms with van der Waals surface area (Å²) in [7, 11) is 0. The van der Waals surface area contributed by atoms with Gasteiger partial charge in [-0.05, 0) is 106 Å². The zero-order valence-corrected chi connectivity index (χ0v) is 32.4. The highest BCUT2D eigenvalue weighted by molar-refractivity contribution is 6.22. The first-order valence-electron chi connectivity index (χ1n) is 20.0. The third-order valence-electron chi connectivity index (χ3n) is 12.0. The van der Waals surface area contributed by atoms with Crippen molar-refractivity contribution in [2.45, 2.75) is 19.3 Å². The van der Waals surface area contributed by atoms with E-state index >= 15 is 0 Å². The molecule has 0 fully saturated rings. The molecule has 276 valence electrons. The molecule has 11 rings (SSSR count). The van der Waals surface area contributed by atoms with Crippen molar-refractivity contribution >= 4 is 66.8 Å². The van der Waals surface area contributed by atoms with E-state index in [1.807, 2.05) is 0 Å². The number of furan rings is 1. The standard InChI is InChI=1S/C55H40N2O/c1-55(2)49-27-15-14-23-44(49)45-34-33-42(35-50(45)55)57(40-21-10-5-11-22-40)51-36-48-53-43(26-16-28-52(53)58-54(48)47-25-13-12-24-46(47)51)37-29-31-41(32-30-37)56(38-17-6-3-7-18-38)39-19-8-4-9-20-39/h3-36H,1-2H3. The van der Waals surface area contributed by atoms with Gasteiger partial charge >= 0.3 is 0 Å². The van der Waals surface area contributed by atoms with Crippen LogP contribution in [-0.2, 0) is 5.41 Å². The van der Waals surface area contributed by atoms with E-state index in [0.717, 1.165) is 78.0 Å². The molecule has 0 spiro atoms. The summed E-state index contributed by atoms with van der Waals surface area (Å²) in [5, 5.41) is 4.42. The van der Waals surface area contributed by atoms with E-state index in [2.05, 4.69) is 230 Å². The van der Waals surface area contributed by atoms with Crippen LogP contribution < -0.4 is 9.80 Å². The Morgan fingerprint density at radius 2 is 0.914 bits per heavy atom. The van der Waals surface area contributed by atoms with Crippen LogP contribution in [0.15, 0.2) is 211 Å². The smallest absolute Gasteiger partial charge is 0.143 e. The molecule has 0 saturated carbocycles. The van der Waals surface area contributed by atoms with Crippen LogP contribution in [-0.4, -0.2) is 0 Å². The van der Waals surface area contributed by atoms with Crippen molar-refractivity contribution < 1.29 is 4.42 Å². The minimum atomic E-state index is -0.124. The van der Waals surface area contributed by atoms with Crippen molar-refractivity contribution in [2.75, 3.05) is 9.80 Å². The molecule has 1 aromatic heterocycles. The number of rotatable bonds is 7. The molecule has 1 aliphatic rings. The fourth-order valence-corrected chi connectivity index (χ4v) is 9.28. The number of fused-ring (bicyclic) bond motifs is 8. The monoisotopic (exact) mass is 744 g/mol. The quantitative estimate of drug-likeness (QED) is 0.162. The topological polar surface area (TPSA) is 19.6 Å². The Bertz CT molecular complexity index is 3090. The number of para-hydroxylation sites is 3. The lowest BCUT2D eigenvalue weighted by atomic mass is 9.82. The summed E-state index contributed by atoms with van der Waals surface area (Å²) in [6.45, 7) is 4.70. The molecule has 10 aromatic rings. The van der Waals surface area contributed by atoms with E-state index < -0.39 is 0 Å². The van der Waals surface area contributed by atoms with Gasteiger partial charge in [0.2, 0.25) is 0 Å². The van der Waals surface area contributed by atoms with Crippen molar-refractivity contribution in [1.29, 1.82) is 0 Å². The fraction of sp³-hybridized carbons (Fsp3) is 0.0545. The maximum Gasteiger partial charge on any atom is 0.143 e. The first-order chi connectivity index (χ1) is 28.5. The minimum Gasteiger partial charge on any atom is -0.455 e. The van der Waals surface area contributed by atoms with E-state index in [4.69, 9.17) is 4.42 Å². The Morgan fingerprint density at radius 3 is 1.60 bits per heavy atom. The Morgan fingerprint density at radius 1 is 0.379 bits per heavy atom. The summed E-state index contributed by atoms with van der Waals surface area (Å²) in [6, 6.07) is 74.1. The second-order valence-electron chi connectivity index (χ2n) is 15.7. The number of hydrogen-bond acceptors (Lipinski definition) is 3. The van der Waals surface area contributed by atoms with Gasteiger partial charge in [0.05, 0.1) is 5.69 Å². The molecule has 0 amide bonds. The van der Waals surface area contributed by atoms with Crippen molar-refractivity contribution in [1.82, 2.24) is 0 Å². The Kier molecular flexibility index (Phi) is 7.84. The molecule has 0 radical (unpaired) electrons. The van der Waals surface area contributed by atoms with Crippen molar-refractivity contribution in [2.24, 2.45) is 0 Å². The molecule has 9 aromatic carbocycles. The van der Waals surface area contributed by atoms with Crippen LogP contribution >= 0.6 is 0 Å². The molecule has 0 unspecified atom stereocenters. The molecule has 0 aliphatic heterocycles. The van der Waals surface area contributed by atoms with Crippen LogP contribution in [0.25, 0.3) is 55.0 Å².